The van der Waals surface area contributed by atoms with Gasteiger partial charge < -0.3 is 10.5 Å². The lowest BCUT2D eigenvalue weighted by molar-refractivity contribution is 0.0623. The number of rotatable bonds is 6. The Morgan fingerprint density at radius 2 is 2.21 bits per heavy atom. The smallest absolute Gasteiger partial charge is 0.146 e. The molecule has 0 aromatic carbocycles. The molecule has 0 amide bonds. The summed E-state index contributed by atoms with van der Waals surface area (Å²) in [5, 5.41) is 2.93. The Balaban J connectivity index is 1.96. The van der Waals surface area contributed by atoms with Crippen molar-refractivity contribution in [2.24, 2.45) is 0 Å². The van der Waals surface area contributed by atoms with Gasteiger partial charge in [0, 0.05) is 6.54 Å². The molecule has 0 radical (unpaired) electrons. The van der Waals surface area contributed by atoms with Crippen LogP contribution in [-0.2, 0) is 11.3 Å². The second-order valence-corrected chi connectivity index (χ2v) is 5.72. The van der Waals surface area contributed by atoms with Crippen molar-refractivity contribution >= 4 is 27.4 Å². The summed E-state index contributed by atoms with van der Waals surface area (Å²) in [4.78, 5) is 12.0. The van der Waals surface area contributed by atoms with Crippen molar-refractivity contribution in [3.8, 4) is 0 Å². The Morgan fingerprint density at radius 3 is 2.95 bits per heavy atom. The number of nitrogens with two attached hydrogens (primary N) is 1. The highest BCUT2D eigenvalue weighted by molar-refractivity contribution is 7.16. The summed E-state index contributed by atoms with van der Waals surface area (Å²) in [5.41, 5.74) is 5.93. The van der Waals surface area contributed by atoms with E-state index >= 15 is 0 Å². The molecule has 0 saturated carbocycles. The largest absolute Gasteiger partial charge is 0.383 e. The first-order valence-corrected chi connectivity index (χ1v) is 7.24. The average Bonchev–Trinajstić information content (AvgIpc) is 2.76. The molecular weight excluding hydrogens is 260 g/mol. The molecule has 0 unspecified atom stereocenters. The molecule has 104 valence electrons. The van der Waals surface area contributed by atoms with Crippen LogP contribution in [0.25, 0.3) is 10.2 Å². The van der Waals surface area contributed by atoms with E-state index in [1.165, 1.54) is 0 Å². The molecule has 2 aromatic rings. The molecule has 0 atom stereocenters. The molecule has 0 bridgehead atoms. The summed E-state index contributed by atoms with van der Waals surface area (Å²) in [7, 11) is 2.03. The van der Waals surface area contributed by atoms with Crippen LogP contribution < -0.4 is 5.73 Å². The standard InChI is InChI=1S/C13H20N4OS/c1-9(2)18-6-5-17(3)8-11-15-12(14)10-4-7-19-13(10)16-11/h4,7,9H,5-6,8H2,1-3H3,(H2,14,15,16). The van der Waals surface area contributed by atoms with Crippen molar-refractivity contribution in [2.75, 3.05) is 25.9 Å². The second kappa shape index (κ2) is 6.27. The molecule has 0 fully saturated rings. The van der Waals surface area contributed by atoms with E-state index in [4.69, 9.17) is 10.5 Å². The lowest BCUT2D eigenvalue weighted by Gasteiger charge is -2.16. The van der Waals surface area contributed by atoms with E-state index in [1.807, 2.05) is 32.3 Å². The van der Waals surface area contributed by atoms with Crippen molar-refractivity contribution in [1.82, 2.24) is 14.9 Å². The van der Waals surface area contributed by atoms with E-state index in [-0.39, 0.29) is 6.10 Å². The molecular formula is C13H20N4OS. The molecule has 19 heavy (non-hydrogen) atoms. The lowest BCUT2D eigenvalue weighted by Crippen LogP contribution is -2.25. The number of hydrogen-bond acceptors (Lipinski definition) is 6. The number of thiophene rings is 1. The lowest BCUT2D eigenvalue weighted by atomic mass is 10.3. The van der Waals surface area contributed by atoms with Gasteiger partial charge in [-0.05, 0) is 32.3 Å². The van der Waals surface area contributed by atoms with E-state index in [2.05, 4.69) is 14.9 Å². The molecule has 0 saturated heterocycles. The van der Waals surface area contributed by atoms with E-state index in [0.717, 1.165) is 22.6 Å². The highest BCUT2D eigenvalue weighted by atomic mass is 32.1. The van der Waals surface area contributed by atoms with Gasteiger partial charge in [-0.2, -0.15) is 0 Å². The zero-order valence-electron chi connectivity index (χ0n) is 11.6. The van der Waals surface area contributed by atoms with E-state index in [9.17, 15) is 0 Å². The number of ether oxygens (including phenoxy) is 1. The predicted octanol–water partition coefficient (Wildman–Crippen LogP) is 2.13. The fourth-order valence-electron chi connectivity index (χ4n) is 1.76. The minimum Gasteiger partial charge on any atom is -0.383 e. The van der Waals surface area contributed by atoms with Crippen molar-refractivity contribution in [1.29, 1.82) is 0 Å². The number of fused-ring (bicyclic) bond motifs is 1. The van der Waals surface area contributed by atoms with Gasteiger partial charge in [0.2, 0.25) is 0 Å². The zero-order chi connectivity index (χ0) is 13.8. The Kier molecular flexibility index (Phi) is 4.68. The predicted molar refractivity (Wildman–Crippen MR) is 79.2 cm³/mol. The highest BCUT2D eigenvalue weighted by Gasteiger charge is 2.08. The first-order chi connectivity index (χ1) is 9.06. The number of nitrogens with zero attached hydrogens (tertiary/aromatic N) is 3. The summed E-state index contributed by atoms with van der Waals surface area (Å²) in [6, 6.07) is 1.96. The molecule has 0 aliphatic heterocycles. The topological polar surface area (TPSA) is 64.3 Å². The number of anilines is 1. The second-order valence-electron chi connectivity index (χ2n) is 4.82. The van der Waals surface area contributed by atoms with Crippen LogP contribution >= 0.6 is 11.3 Å². The van der Waals surface area contributed by atoms with Gasteiger partial charge in [-0.3, -0.25) is 4.90 Å². The highest BCUT2D eigenvalue weighted by Crippen LogP contribution is 2.22. The normalized spacial score (nSPS) is 11.8. The fourth-order valence-corrected chi connectivity index (χ4v) is 2.55. The van der Waals surface area contributed by atoms with E-state index < -0.39 is 0 Å². The van der Waals surface area contributed by atoms with Crippen LogP contribution in [0.5, 0.6) is 0 Å². The zero-order valence-corrected chi connectivity index (χ0v) is 12.4. The monoisotopic (exact) mass is 280 g/mol. The van der Waals surface area contributed by atoms with Gasteiger partial charge in [0.1, 0.15) is 16.5 Å². The van der Waals surface area contributed by atoms with Gasteiger partial charge in [-0.25, -0.2) is 9.97 Å². The number of aromatic nitrogens is 2. The molecule has 0 aliphatic rings. The van der Waals surface area contributed by atoms with Crippen molar-refractivity contribution in [3.05, 3.63) is 17.3 Å². The Bertz CT molecular complexity index is 540. The Morgan fingerprint density at radius 1 is 1.42 bits per heavy atom. The summed E-state index contributed by atoms with van der Waals surface area (Å²) in [5.74, 6) is 1.33. The fraction of sp³-hybridized carbons (Fsp3) is 0.538. The Labute approximate surface area is 117 Å². The molecule has 2 N–H and O–H groups in total. The molecule has 0 aliphatic carbocycles. The maximum atomic E-state index is 5.93. The van der Waals surface area contributed by atoms with Crippen LogP contribution in [0.1, 0.15) is 19.7 Å². The third kappa shape index (κ3) is 3.86. The summed E-state index contributed by atoms with van der Waals surface area (Å²) in [6.45, 7) is 6.32. The van der Waals surface area contributed by atoms with Crippen LogP contribution in [-0.4, -0.2) is 41.2 Å². The summed E-state index contributed by atoms with van der Waals surface area (Å²) >= 11 is 1.59. The van der Waals surface area contributed by atoms with E-state index in [1.54, 1.807) is 11.3 Å². The van der Waals surface area contributed by atoms with Crippen LogP contribution in [0.15, 0.2) is 11.4 Å². The summed E-state index contributed by atoms with van der Waals surface area (Å²) < 4.78 is 5.53. The molecule has 2 heterocycles. The van der Waals surface area contributed by atoms with Crippen LogP contribution in [0, 0.1) is 0 Å². The van der Waals surface area contributed by atoms with Gasteiger partial charge in [-0.1, -0.05) is 0 Å². The Hall–Kier alpha value is -1.24. The minimum absolute atomic E-state index is 0.266. The third-order valence-electron chi connectivity index (χ3n) is 2.74. The summed E-state index contributed by atoms with van der Waals surface area (Å²) in [6.07, 6.45) is 0.266. The molecule has 2 rings (SSSR count). The molecule has 6 heteroatoms. The SMILES string of the molecule is CC(C)OCCN(C)Cc1nc(N)c2ccsc2n1. The number of hydrogen-bond donors (Lipinski definition) is 1. The van der Waals surface area contributed by atoms with Crippen LogP contribution in [0.2, 0.25) is 0 Å². The maximum Gasteiger partial charge on any atom is 0.146 e. The van der Waals surface area contributed by atoms with Gasteiger partial charge in [-0.15, -0.1) is 11.3 Å². The van der Waals surface area contributed by atoms with Crippen molar-refractivity contribution < 1.29 is 4.74 Å². The van der Waals surface area contributed by atoms with Crippen molar-refractivity contribution in [2.45, 2.75) is 26.5 Å². The first kappa shape index (κ1) is 14.2. The van der Waals surface area contributed by atoms with E-state index in [0.29, 0.717) is 19.0 Å². The van der Waals surface area contributed by atoms with Crippen LogP contribution in [0.3, 0.4) is 0 Å². The van der Waals surface area contributed by atoms with Gasteiger partial charge in [0.15, 0.2) is 0 Å². The van der Waals surface area contributed by atoms with Gasteiger partial charge >= 0.3 is 0 Å². The van der Waals surface area contributed by atoms with Gasteiger partial charge in [0.05, 0.1) is 24.6 Å². The maximum absolute atomic E-state index is 5.93. The van der Waals surface area contributed by atoms with Gasteiger partial charge in [0.25, 0.3) is 0 Å². The van der Waals surface area contributed by atoms with Crippen molar-refractivity contribution in [3.63, 3.8) is 0 Å². The molecule has 5 nitrogen and oxygen atoms in total. The number of likely N-dealkylation sites (N-methyl/N-ethyl adjacent to an activating group) is 1. The minimum atomic E-state index is 0.266. The quantitative estimate of drug-likeness (QED) is 0.878. The third-order valence-corrected chi connectivity index (χ3v) is 3.54. The average molecular weight is 280 g/mol. The first-order valence-electron chi connectivity index (χ1n) is 6.36. The molecule has 0 spiro atoms. The van der Waals surface area contributed by atoms with Crippen LogP contribution in [0.4, 0.5) is 5.82 Å². The number of nitrogen functional groups attached to an aromatic ring is 1. The molecule has 2 aromatic heterocycles.